The van der Waals surface area contributed by atoms with E-state index in [2.05, 4.69) is 20.3 Å². The predicted octanol–water partition coefficient (Wildman–Crippen LogP) is 2.72. The molecule has 2 aliphatic rings. The van der Waals surface area contributed by atoms with Crippen LogP contribution < -0.4 is 10.1 Å². The van der Waals surface area contributed by atoms with Crippen molar-refractivity contribution in [1.82, 2.24) is 25.2 Å². The van der Waals surface area contributed by atoms with Gasteiger partial charge in [-0.3, -0.25) is 14.4 Å². The van der Waals surface area contributed by atoms with Crippen molar-refractivity contribution >= 4 is 28.6 Å². The number of benzene rings is 1. The lowest BCUT2D eigenvalue weighted by Gasteiger charge is -2.33. The summed E-state index contributed by atoms with van der Waals surface area (Å²) in [7, 11) is 0. The van der Waals surface area contributed by atoms with Gasteiger partial charge in [-0.05, 0) is 63.6 Å². The Balaban J connectivity index is 1.38. The number of piperidine rings is 1. The molecule has 2 amide bonds. The summed E-state index contributed by atoms with van der Waals surface area (Å²) in [6.07, 6.45) is 5.52. The van der Waals surface area contributed by atoms with Gasteiger partial charge in [0, 0.05) is 36.5 Å². The molecular formula is C27H31N5O5. The summed E-state index contributed by atoms with van der Waals surface area (Å²) in [6.45, 7) is 4.54. The van der Waals surface area contributed by atoms with Gasteiger partial charge >= 0.3 is 0 Å². The van der Waals surface area contributed by atoms with Gasteiger partial charge in [0.25, 0.3) is 11.8 Å². The number of aromatic amines is 1. The Morgan fingerprint density at radius 3 is 2.62 bits per heavy atom. The minimum Gasteiger partial charge on any atom is -0.493 e. The van der Waals surface area contributed by atoms with E-state index >= 15 is 0 Å². The van der Waals surface area contributed by atoms with Crippen molar-refractivity contribution < 1.29 is 24.2 Å². The molecule has 3 heterocycles. The second-order valence-electron chi connectivity index (χ2n) is 9.92. The van der Waals surface area contributed by atoms with Crippen molar-refractivity contribution in [3.8, 4) is 17.0 Å². The summed E-state index contributed by atoms with van der Waals surface area (Å²) in [4.78, 5) is 50.9. The molecule has 0 bridgehead atoms. The van der Waals surface area contributed by atoms with Gasteiger partial charge in [-0.15, -0.1) is 0 Å². The number of aliphatic hydroxyl groups is 1. The fraction of sp³-hybridized carbons (Fsp3) is 0.444. The number of aliphatic hydroxyl groups excluding tert-OH is 1. The number of hydrogen-bond donors (Lipinski definition) is 3. The fourth-order valence-corrected chi connectivity index (χ4v) is 4.64. The Morgan fingerprint density at radius 1 is 1.19 bits per heavy atom. The van der Waals surface area contributed by atoms with Crippen LogP contribution in [0.25, 0.3) is 22.3 Å². The van der Waals surface area contributed by atoms with Crippen LogP contribution in [0, 0.1) is 5.92 Å². The molecule has 2 fully saturated rings. The van der Waals surface area contributed by atoms with E-state index in [0.717, 1.165) is 12.8 Å². The number of nitrogens with zero attached hydrogens (tertiary/aromatic N) is 3. The van der Waals surface area contributed by atoms with Crippen molar-refractivity contribution in [3.05, 3.63) is 41.9 Å². The average molecular weight is 506 g/mol. The third kappa shape index (κ3) is 5.34. The van der Waals surface area contributed by atoms with Crippen molar-refractivity contribution in [1.29, 1.82) is 0 Å². The van der Waals surface area contributed by atoms with Crippen molar-refractivity contribution in [2.75, 3.05) is 19.7 Å². The highest BCUT2D eigenvalue weighted by Gasteiger charge is 2.28. The number of nitrogens with one attached hydrogen (secondary N) is 2. The van der Waals surface area contributed by atoms with Gasteiger partial charge in [0.05, 0.1) is 17.7 Å². The highest BCUT2D eigenvalue weighted by atomic mass is 16.5. The Kier molecular flexibility index (Phi) is 6.92. The average Bonchev–Trinajstić information content (AvgIpc) is 3.62. The molecule has 10 nitrogen and oxygen atoms in total. The van der Waals surface area contributed by atoms with Crippen LogP contribution in [0.1, 0.15) is 60.2 Å². The van der Waals surface area contributed by atoms with Crippen molar-refractivity contribution in [2.24, 2.45) is 5.92 Å². The SMILES string of the molecule is CC(=O)c1ccc(OCC2CC2)c(-c2ncnc3c(C(=O)NC4CCN(C(=O)[C@H](C)O)CC4)c[nH]c23)c1. The first-order valence-corrected chi connectivity index (χ1v) is 12.7. The summed E-state index contributed by atoms with van der Waals surface area (Å²) in [5.74, 6) is 0.575. The van der Waals surface area contributed by atoms with Gasteiger partial charge < -0.3 is 25.0 Å². The molecule has 0 radical (unpaired) electrons. The summed E-state index contributed by atoms with van der Waals surface area (Å²) >= 11 is 0. The van der Waals surface area contributed by atoms with E-state index in [9.17, 15) is 19.5 Å². The standard InChI is InChI=1S/C27H31N5O5/c1-15(33)18-5-6-22(37-13-17-3-4-17)20(11-18)23-25-24(30-14-29-23)21(12-28-25)26(35)31-19-7-9-32(10-8-19)27(36)16(2)34/h5-6,11-12,14,16-17,19,28,34H,3-4,7-10,13H2,1-2H3,(H,31,35)/t16-/m0/s1. The number of ether oxygens (including phenoxy) is 1. The number of hydrogen-bond acceptors (Lipinski definition) is 7. The molecule has 1 aromatic carbocycles. The number of aromatic nitrogens is 3. The van der Waals surface area contributed by atoms with Crippen molar-refractivity contribution in [3.63, 3.8) is 0 Å². The van der Waals surface area contributed by atoms with Crippen LogP contribution in [0.3, 0.4) is 0 Å². The Bertz CT molecular complexity index is 1340. The zero-order valence-corrected chi connectivity index (χ0v) is 21.0. The van der Waals surface area contributed by atoms with Crippen LogP contribution in [-0.4, -0.2) is 74.4 Å². The number of ketones is 1. The first kappa shape index (κ1) is 24.9. The lowest BCUT2D eigenvalue weighted by atomic mass is 10.0. The van der Waals surface area contributed by atoms with E-state index < -0.39 is 6.10 Å². The van der Waals surface area contributed by atoms with Crippen molar-refractivity contribution in [2.45, 2.75) is 51.7 Å². The molecule has 3 aromatic rings. The maximum Gasteiger partial charge on any atom is 0.255 e. The Morgan fingerprint density at radius 2 is 1.95 bits per heavy atom. The number of H-pyrrole nitrogens is 1. The number of carbonyl (C=O) groups excluding carboxylic acids is 3. The number of likely N-dealkylation sites (tertiary alicyclic amines) is 1. The second-order valence-corrected chi connectivity index (χ2v) is 9.92. The molecule has 1 atom stereocenters. The Hall–Kier alpha value is -3.79. The zero-order valence-electron chi connectivity index (χ0n) is 21.0. The van der Waals surface area contributed by atoms with Crippen LogP contribution in [0.5, 0.6) is 5.75 Å². The minimum atomic E-state index is -1.03. The molecule has 1 saturated carbocycles. The topological polar surface area (TPSA) is 138 Å². The number of rotatable bonds is 8. The van der Waals surface area contributed by atoms with Gasteiger partial charge in [0.1, 0.15) is 29.4 Å². The summed E-state index contributed by atoms with van der Waals surface area (Å²) in [5, 5.41) is 12.6. The van der Waals surface area contributed by atoms with Gasteiger partial charge in [-0.25, -0.2) is 9.97 Å². The second kappa shape index (κ2) is 10.3. The smallest absolute Gasteiger partial charge is 0.255 e. The predicted molar refractivity (Wildman–Crippen MR) is 136 cm³/mol. The largest absolute Gasteiger partial charge is 0.493 e. The number of fused-ring (bicyclic) bond motifs is 1. The monoisotopic (exact) mass is 505 g/mol. The molecule has 3 N–H and O–H groups in total. The maximum absolute atomic E-state index is 13.2. The molecule has 37 heavy (non-hydrogen) atoms. The summed E-state index contributed by atoms with van der Waals surface area (Å²) in [5.41, 5.74) is 3.23. The Labute approximate surface area is 214 Å². The number of amides is 2. The molecule has 5 rings (SSSR count). The fourth-order valence-electron chi connectivity index (χ4n) is 4.64. The molecule has 2 aromatic heterocycles. The summed E-state index contributed by atoms with van der Waals surface area (Å²) in [6, 6.07) is 5.23. The number of carbonyl (C=O) groups is 3. The lowest BCUT2D eigenvalue weighted by molar-refractivity contribution is -0.140. The normalized spacial score (nSPS) is 17.0. The molecule has 10 heteroatoms. The lowest BCUT2D eigenvalue weighted by Crippen LogP contribution is -2.48. The minimum absolute atomic E-state index is 0.0620. The van der Waals surface area contributed by atoms with Crippen LogP contribution in [0.4, 0.5) is 0 Å². The highest BCUT2D eigenvalue weighted by molar-refractivity contribution is 6.08. The molecule has 0 spiro atoms. The van der Waals surface area contributed by atoms with E-state index in [-0.39, 0.29) is 23.6 Å². The molecule has 1 aliphatic carbocycles. The van der Waals surface area contributed by atoms with E-state index in [0.29, 0.717) is 77.6 Å². The number of Topliss-reactive ketones (excluding diaryl/α,β-unsaturated/α-hetero) is 1. The molecule has 1 saturated heterocycles. The van der Waals surface area contributed by atoms with E-state index in [4.69, 9.17) is 4.74 Å². The molecule has 1 aliphatic heterocycles. The zero-order chi connectivity index (χ0) is 26.1. The van der Waals surface area contributed by atoms with Crippen LogP contribution in [0.15, 0.2) is 30.7 Å². The summed E-state index contributed by atoms with van der Waals surface area (Å²) < 4.78 is 6.09. The van der Waals surface area contributed by atoms with Gasteiger partial charge in [-0.1, -0.05) is 0 Å². The molecule has 0 unspecified atom stereocenters. The molecule has 194 valence electrons. The van der Waals surface area contributed by atoms with Gasteiger partial charge in [0.15, 0.2) is 5.78 Å². The van der Waals surface area contributed by atoms with Crippen LogP contribution >= 0.6 is 0 Å². The highest BCUT2D eigenvalue weighted by Crippen LogP contribution is 2.36. The third-order valence-corrected chi connectivity index (χ3v) is 7.02. The third-order valence-electron chi connectivity index (χ3n) is 7.02. The van der Waals surface area contributed by atoms with Gasteiger partial charge in [0.2, 0.25) is 0 Å². The van der Waals surface area contributed by atoms with Gasteiger partial charge in [-0.2, -0.15) is 0 Å². The first-order valence-electron chi connectivity index (χ1n) is 12.7. The quantitative estimate of drug-likeness (QED) is 0.400. The van der Waals surface area contributed by atoms with E-state index in [1.807, 2.05) is 0 Å². The molecular weight excluding hydrogens is 474 g/mol. The van der Waals surface area contributed by atoms with Crippen LogP contribution in [-0.2, 0) is 4.79 Å². The first-order chi connectivity index (χ1) is 17.8. The van der Waals surface area contributed by atoms with E-state index in [1.165, 1.54) is 20.2 Å². The van der Waals surface area contributed by atoms with Crippen LogP contribution in [0.2, 0.25) is 0 Å². The van der Waals surface area contributed by atoms with E-state index in [1.54, 1.807) is 29.3 Å². The maximum atomic E-state index is 13.2.